The molecule has 112 valence electrons. The zero-order valence-electron chi connectivity index (χ0n) is 10.3. The maximum atomic E-state index is 9.87. The quantitative estimate of drug-likeness (QED) is 0.495. The average Bonchev–Trinajstić information content (AvgIpc) is 1.92. The SMILES string of the molecule is CN1CC2CC(C1)CN(C)C2.F[P-](F)(F)(F)(F)F. The van der Waals surface area contributed by atoms with E-state index in [4.69, 9.17) is 0 Å². The third-order valence-electron chi connectivity index (χ3n) is 2.95. The maximum absolute atomic E-state index is 10.7. The Morgan fingerprint density at radius 3 is 1.17 bits per heavy atom. The molecule has 9 heteroatoms. The summed E-state index contributed by atoms with van der Waals surface area (Å²) in [6, 6.07) is 0. The summed E-state index contributed by atoms with van der Waals surface area (Å²) in [7, 11) is -6.15. The van der Waals surface area contributed by atoms with Gasteiger partial charge < -0.3 is 9.80 Å². The van der Waals surface area contributed by atoms with Crippen LogP contribution >= 0.6 is 7.81 Å². The second kappa shape index (κ2) is 4.21. The summed E-state index contributed by atoms with van der Waals surface area (Å²) in [5.74, 6) is 1.91. The van der Waals surface area contributed by atoms with E-state index in [0.717, 1.165) is 11.8 Å². The van der Waals surface area contributed by atoms with Gasteiger partial charge >= 0.3 is 33.0 Å². The normalized spacial score (nSPS) is 34.0. The molecule has 0 amide bonds. The predicted octanol–water partition coefficient (Wildman–Crippen LogP) is 3.88. The van der Waals surface area contributed by atoms with Gasteiger partial charge in [-0.05, 0) is 32.4 Å². The van der Waals surface area contributed by atoms with Crippen molar-refractivity contribution in [2.24, 2.45) is 11.8 Å². The van der Waals surface area contributed by atoms with Crippen molar-refractivity contribution in [3.05, 3.63) is 0 Å². The molecule has 2 nitrogen and oxygen atoms in total. The molecule has 2 aliphatic rings. The van der Waals surface area contributed by atoms with Crippen LogP contribution < -0.4 is 0 Å². The minimum atomic E-state index is -10.7. The molecule has 2 fully saturated rings. The molecular weight excluding hydrogens is 281 g/mol. The fourth-order valence-electron chi connectivity index (χ4n) is 2.80. The molecule has 0 aromatic heterocycles. The van der Waals surface area contributed by atoms with Gasteiger partial charge in [-0.25, -0.2) is 0 Å². The molecule has 0 aromatic carbocycles. The number of halogens is 6. The van der Waals surface area contributed by atoms with E-state index in [1.807, 2.05) is 0 Å². The Hall–Kier alpha value is -0.0700. The van der Waals surface area contributed by atoms with Gasteiger partial charge in [-0.2, -0.15) is 0 Å². The van der Waals surface area contributed by atoms with E-state index >= 15 is 0 Å². The summed E-state index contributed by atoms with van der Waals surface area (Å²) in [6.45, 7) is 5.28. The third-order valence-corrected chi connectivity index (χ3v) is 2.95. The van der Waals surface area contributed by atoms with Crippen molar-refractivity contribution >= 4 is 7.81 Å². The molecule has 0 unspecified atom stereocenters. The predicted molar refractivity (Wildman–Crippen MR) is 60.2 cm³/mol. The van der Waals surface area contributed by atoms with Crippen LogP contribution in [0.2, 0.25) is 0 Å². The summed E-state index contributed by atoms with van der Waals surface area (Å²) in [6.07, 6.45) is 1.48. The molecule has 2 saturated heterocycles. The van der Waals surface area contributed by atoms with Crippen LogP contribution in [0.4, 0.5) is 25.2 Å². The second-order valence-electron chi connectivity index (χ2n) is 5.37. The number of hydrogen-bond acceptors (Lipinski definition) is 2. The van der Waals surface area contributed by atoms with Crippen LogP contribution in [-0.2, 0) is 0 Å². The molecule has 0 aliphatic carbocycles. The third kappa shape index (κ3) is 8.94. The molecular formula is C9H18F6N2P-. The molecule has 2 aliphatic heterocycles. The van der Waals surface area contributed by atoms with Crippen LogP contribution in [0, 0.1) is 11.8 Å². The van der Waals surface area contributed by atoms with Gasteiger partial charge in [0.2, 0.25) is 0 Å². The van der Waals surface area contributed by atoms with Gasteiger partial charge in [-0.3, -0.25) is 0 Å². The van der Waals surface area contributed by atoms with Gasteiger partial charge in [0, 0.05) is 26.2 Å². The van der Waals surface area contributed by atoms with Gasteiger partial charge in [-0.1, -0.05) is 0 Å². The molecule has 0 N–H and O–H groups in total. The molecule has 2 bridgehead atoms. The van der Waals surface area contributed by atoms with Gasteiger partial charge in [0.05, 0.1) is 0 Å². The van der Waals surface area contributed by atoms with Crippen molar-refractivity contribution in [1.82, 2.24) is 9.80 Å². The Bertz CT molecular complexity index is 257. The molecule has 0 radical (unpaired) electrons. The number of likely N-dealkylation sites (tertiary alicyclic amines) is 2. The first kappa shape index (κ1) is 16.0. The number of hydrogen-bond donors (Lipinski definition) is 0. The zero-order valence-corrected chi connectivity index (χ0v) is 11.2. The van der Waals surface area contributed by atoms with Crippen LogP contribution in [0.3, 0.4) is 0 Å². The molecule has 0 saturated carbocycles. The van der Waals surface area contributed by atoms with Crippen LogP contribution in [0.1, 0.15) is 6.42 Å². The Kier molecular flexibility index (Phi) is 3.74. The van der Waals surface area contributed by atoms with Crippen LogP contribution in [-0.4, -0.2) is 50.1 Å². The first-order valence-corrected chi connectivity index (χ1v) is 7.65. The number of nitrogens with zero attached hydrogens (tertiary/aromatic N) is 2. The van der Waals surface area contributed by atoms with Crippen LogP contribution in [0.5, 0.6) is 0 Å². The average molecular weight is 299 g/mol. The van der Waals surface area contributed by atoms with Gasteiger partial charge in [0.1, 0.15) is 0 Å². The van der Waals surface area contributed by atoms with Crippen LogP contribution in [0.15, 0.2) is 0 Å². The molecule has 0 aromatic rings. The summed E-state index contributed by atoms with van der Waals surface area (Å²) in [5.41, 5.74) is 0. The Labute approximate surface area is 102 Å². The minimum absolute atomic E-state index is 0.956. The summed E-state index contributed by atoms with van der Waals surface area (Å²) >= 11 is 0. The molecule has 2 rings (SSSR count). The fourth-order valence-corrected chi connectivity index (χ4v) is 2.80. The van der Waals surface area contributed by atoms with Gasteiger partial charge in [0.15, 0.2) is 0 Å². The van der Waals surface area contributed by atoms with E-state index in [1.54, 1.807) is 0 Å². The van der Waals surface area contributed by atoms with E-state index < -0.39 is 7.81 Å². The van der Waals surface area contributed by atoms with Gasteiger partial charge in [-0.15, -0.1) is 0 Å². The van der Waals surface area contributed by atoms with E-state index in [1.165, 1.54) is 32.6 Å². The van der Waals surface area contributed by atoms with E-state index in [2.05, 4.69) is 23.9 Å². The van der Waals surface area contributed by atoms with Crippen molar-refractivity contribution in [1.29, 1.82) is 0 Å². The fraction of sp³-hybridized carbons (Fsp3) is 1.00. The van der Waals surface area contributed by atoms with E-state index in [9.17, 15) is 25.2 Å². The number of fused-ring (bicyclic) bond motifs is 2. The van der Waals surface area contributed by atoms with Crippen molar-refractivity contribution in [3.8, 4) is 0 Å². The van der Waals surface area contributed by atoms with Crippen molar-refractivity contribution in [2.45, 2.75) is 6.42 Å². The molecule has 2 heterocycles. The van der Waals surface area contributed by atoms with Crippen molar-refractivity contribution in [3.63, 3.8) is 0 Å². The summed E-state index contributed by atoms with van der Waals surface area (Å²) < 4.78 is 59.2. The first-order valence-electron chi connectivity index (χ1n) is 5.62. The summed E-state index contributed by atoms with van der Waals surface area (Å²) in [5, 5.41) is 0. The van der Waals surface area contributed by atoms with Crippen LogP contribution in [0.25, 0.3) is 0 Å². The monoisotopic (exact) mass is 299 g/mol. The molecule has 0 spiro atoms. The standard InChI is InChI=1S/C9H18N2.F6P/c1-10-4-8-3-9(5-10)7-11(2)6-8;1-7(2,3,4,5)6/h8-9H,3-7H2,1-2H3;/q;-1. The van der Waals surface area contributed by atoms with Crippen molar-refractivity contribution < 1.29 is 25.2 Å². The first-order chi connectivity index (χ1) is 7.69. The topological polar surface area (TPSA) is 6.48 Å². The van der Waals surface area contributed by atoms with Crippen molar-refractivity contribution in [2.75, 3.05) is 40.3 Å². The van der Waals surface area contributed by atoms with E-state index in [0.29, 0.717) is 0 Å². The second-order valence-corrected chi connectivity index (χ2v) is 7.29. The Balaban J connectivity index is 0.000000203. The summed E-state index contributed by atoms with van der Waals surface area (Å²) in [4.78, 5) is 4.98. The molecule has 0 atom stereocenters. The number of piperidine rings is 2. The Morgan fingerprint density at radius 1 is 0.722 bits per heavy atom. The van der Waals surface area contributed by atoms with Gasteiger partial charge in [0.25, 0.3) is 0 Å². The zero-order chi connectivity index (χ0) is 14.3. The number of rotatable bonds is 0. The molecule has 18 heavy (non-hydrogen) atoms. The van der Waals surface area contributed by atoms with E-state index in [-0.39, 0.29) is 0 Å². The Morgan fingerprint density at radius 2 is 0.944 bits per heavy atom.